The molecule has 0 aromatic rings. The lowest BCUT2D eigenvalue weighted by atomic mass is 10.1. The fourth-order valence-electron chi connectivity index (χ4n) is 0.735. The summed E-state index contributed by atoms with van der Waals surface area (Å²) in [5, 5.41) is 0. The zero-order valence-corrected chi connectivity index (χ0v) is 10.6. The molecule has 0 N–H and O–H groups in total. The van der Waals surface area contributed by atoms with Gasteiger partial charge < -0.3 is 0 Å². The van der Waals surface area contributed by atoms with Crippen molar-refractivity contribution < 1.29 is 0 Å². The first-order valence-electron chi connectivity index (χ1n) is 5.61. The highest BCUT2D eigenvalue weighted by molar-refractivity contribution is 5.26. The molecule has 0 spiro atoms. The van der Waals surface area contributed by atoms with Crippen molar-refractivity contribution in [1.82, 2.24) is 0 Å². The highest BCUT2D eigenvalue weighted by Gasteiger charge is 1.83. The van der Waals surface area contributed by atoms with Gasteiger partial charge in [-0.15, -0.1) is 0 Å². The van der Waals surface area contributed by atoms with Crippen LogP contribution in [0, 0.1) is 0 Å². The van der Waals surface area contributed by atoms with E-state index in [-0.39, 0.29) is 0 Å². The molecule has 0 bridgehead atoms. The Bertz CT molecular complexity index is 180. The van der Waals surface area contributed by atoms with Gasteiger partial charge in [-0.1, -0.05) is 69.6 Å². The maximum Gasteiger partial charge on any atom is -0.0313 e. The molecule has 0 aliphatic carbocycles. The van der Waals surface area contributed by atoms with Crippen molar-refractivity contribution in [2.45, 2.75) is 53.9 Å². The molecule has 0 nitrogen and oxygen atoms in total. The molecule has 0 aliphatic rings. The second kappa shape index (κ2) is 12.2. The molecule has 0 atom stereocenters. The van der Waals surface area contributed by atoms with Crippen LogP contribution in [0.2, 0.25) is 0 Å². The minimum Gasteiger partial charge on any atom is -0.0958 e. The van der Waals surface area contributed by atoms with Gasteiger partial charge in [0, 0.05) is 0 Å². The largest absolute Gasteiger partial charge is 0.0958 e. The molecule has 0 saturated heterocycles. The van der Waals surface area contributed by atoms with Gasteiger partial charge in [0.2, 0.25) is 0 Å². The Morgan fingerprint density at radius 1 is 1.14 bits per heavy atom. The van der Waals surface area contributed by atoms with Gasteiger partial charge in [0.15, 0.2) is 0 Å². The Labute approximate surface area is 90.4 Å². The van der Waals surface area contributed by atoms with Crippen molar-refractivity contribution in [3.05, 3.63) is 36.0 Å². The summed E-state index contributed by atoms with van der Waals surface area (Å²) in [5.41, 5.74) is 2.46. The van der Waals surface area contributed by atoms with E-state index in [1.807, 2.05) is 13.0 Å². The summed E-state index contributed by atoms with van der Waals surface area (Å²) in [5.74, 6) is 0. The van der Waals surface area contributed by atoms with Crippen molar-refractivity contribution in [1.29, 1.82) is 0 Å². The minimum atomic E-state index is 1.04. The van der Waals surface area contributed by atoms with Crippen molar-refractivity contribution >= 4 is 0 Å². The van der Waals surface area contributed by atoms with Gasteiger partial charge >= 0.3 is 0 Å². The quantitative estimate of drug-likeness (QED) is 0.534. The van der Waals surface area contributed by atoms with Crippen LogP contribution in [0.4, 0.5) is 0 Å². The van der Waals surface area contributed by atoms with Crippen LogP contribution in [0.3, 0.4) is 0 Å². The van der Waals surface area contributed by atoms with Crippen LogP contribution in [0.5, 0.6) is 0 Å². The maximum atomic E-state index is 3.89. The molecule has 0 amide bonds. The Morgan fingerprint density at radius 2 is 1.64 bits per heavy atom. The molecule has 82 valence electrons. The average molecular weight is 194 g/mol. The Hall–Kier alpha value is -0.780. The molecule has 14 heavy (non-hydrogen) atoms. The molecule has 0 unspecified atom stereocenters. The van der Waals surface area contributed by atoms with E-state index in [4.69, 9.17) is 0 Å². The summed E-state index contributed by atoms with van der Waals surface area (Å²) in [6.45, 7) is 14.5. The molecule has 0 saturated carbocycles. The number of rotatable bonds is 4. The molecule has 0 heteroatoms. The highest BCUT2D eigenvalue weighted by atomic mass is 13.9. The molecule has 0 fully saturated rings. The number of hydrogen-bond donors (Lipinski definition) is 0. The average Bonchev–Trinajstić information content (AvgIpc) is 2.18. The summed E-state index contributed by atoms with van der Waals surface area (Å²) >= 11 is 0. The summed E-state index contributed by atoms with van der Waals surface area (Å²) < 4.78 is 0. The summed E-state index contributed by atoms with van der Waals surface area (Å²) in [4.78, 5) is 0. The van der Waals surface area contributed by atoms with Crippen LogP contribution in [-0.2, 0) is 0 Å². The van der Waals surface area contributed by atoms with Crippen LogP contribution < -0.4 is 0 Å². The molecular formula is C14H26. The molecule has 0 aromatic heterocycles. The summed E-state index contributed by atoms with van der Waals surface area (Å²) in [6, 6.07) is 0. The van der Waals surface area contributed by atoms with Crippen LogP contribution >= 0.6 is 0 Å². The van der Waals surface area contributed by atoms with Gasteiger partial charge in [0.05, 0.1) is 0 Å². The van der Waals surface area contributed by atoms with Gasteiger partial charge in [-0.25, -0.2) is 0 Å². The Morgan fingerprint density at radius 3 is 1.93 bits per heavy atom. The van der Waals surface area contributed by atoms with Gasteiger partial charge in [0.25, 0.3) is 0 Å². The predicted molar refractivity (Wildman–Crippen MR) is 68.6 cm³/mol. The van der Waals surface area contributed by atoms with Crippen LogP contribution in [0.1, 0.15) is 53.9 Å². The Balaban J connectivity index is 0. The highest BCUT2D eigenvalue weighted by Crippen LogP contribution is 2.04. The smallest absolute Gasteiger partial charge is 0.0313 e. The van der Waals surface area contributed by atoms with E-state index < -0.39 is 0 Å². The van der Waals surface area contributed by atoms with E-state index in [1.54, 1.807) is 0 Å². The normalized spacial score (nSPS) is 11.1. The number of allylic oxidation sites excluding steroid dienone is 5. The van der Waals surface area contributed by atoms with Crippen molar-refractivity contribution in [2.75, 3.05) is 0 Å². The van der Waals surface area contributed by atoms with Gasteiger partial charge in [-0.05, 0) is 20.3 Å². The van der Waals surface area contributed by atoms with E-state index in [0.29, 0.717) is 0 Å². The first-order valence-corrected chi connectivity index (χ1v) is 5.61. The summed E-state index contributed by atoms with van der Waals surface area (Å²) in [6.07, 6.45) is 9.91. The first kappa shape index (κ1) is 15.7. The molecule has 0 aliphatic heterocycles. The molecule has 0 aromatic carbocycles. The van der Waals surface area contributed by atoms with Crippen LogP contribution in [0.15, 0.2) is 36.0 Å². The van der Waals surface area contributed by atoms with E-state index in [1.165, 1.54) is 24.0 Å². The third-order valence-corrected chi connectivity index (χ3v) is 1.82. The first-order chi connectivity index (χ1) is 6.62. The molecule has 0 radical (unpaired) electrons. The van der Waals surface area contributed by atoms with E-state index >= 15 is 0 Å². The van der Waals surface area contributed by atoms with Gasteiger partial charge in [-0.2, -0.15) is 0 Å². The molecule has 0 heterocycles. The maximum absolute atomic E-state index is 3.89. The lowest BCUT2D eigenvalue weighted by Crippen LogP contribution is -1.73. The van der Waals surface area contributed by atoms with Crippen molar-refractivity contribution in [2.24, 2.45) is 0 Å². The number of unbranched alkanes of at least 4 members (excludes halogenated alkanes) is 1. The van der Waals surface area contributed by atoms with E-state index in [9.17, 15) is 0 Å². The van der Waals surface area contributed by atoms with E-state index in [0.717, 1.165) is 6.42 Å². The molecular weight excluding hydrogens is 168 g/mol. The standard InChI is InChI=1S/C10H16.C4H10/c1-5-7-10(4)8-9(3)6-2;1-3-4-2/h5,7-8H,3,6H2,1-2,4H3;3-4H2,1-2H3/b7-5-,10-8-;. The summed E-state index contributed by atoms with van der Waals surface area (Å²) in [7, 11) is 0. The third-order valence-electron chi connectivity index (χ3n) is 1.82. The topological polar surface area (TPSA) is 0 Å². The Kier molecular flexibility index (Phi) is 13.7. The lowest BCUT2D eigenvalue weighted by molar-refractivity contribution is 0.886. The molecule has 0 rings (SSSR count). The SMILES string of the molecule is C=C(/C=C(C)\C=C/C)CC.CCCC. The fourth-order valence-corrected chi connectivity index (χ4v) is 0.735. The van der Waals surface area contributed by atoms with Gasteiger partial charge in [0.1, 0.15) is 0 Å². The second-order valence-corrected chi connectivity index (χ2v) is 3.40. The zero-order valence-electron chi connectivity index (χ0n) is 10.6. The van der Waals surface area contributed by atoms with E-state index in [2.05, 4.69) is 46.4 Å². The lowest BCUT2D eigenvalue weighted by Gasteiger charge is -1.93. The third kappa shape index (κ3) is 13.8. The number of hydrogen-bond acceptors (Lipinski definition) is 0. The predicted octanol–water partition coefficient (Wildman–Crippen LogP) is 5.28. The van der Waals surface area contributed by atoms with Crippen molar-refractivity contribution in [3.63, 3.8) is 0 Å². The fraction of sp³-hybridized carbons (Fsp3) is 0.571. The van der Waals surface area contributed by atoms with Crippen LogP contribution in [-0.4, -0.2) is 0 Å². The van der Waals surface area contributed by atoms with Crippen molar-refractivity contribution in [3.8, 4) is 0 Å². The van der Waals surface area contributed by atoms with Crippen LogP contribution in [0.25, 0.3) is 0 Å². The monoisotopic (exact) mass is 194 g/mol. The minimum absolute atomic E-state index is 1.04. The zero-order chi connectivity index (χ0) is 11.4. The van der Waals surface area contributed by atoms with Gasteiger partial charge in [-0.3, -0.25) is 0 Å². The second-order valence-electron chi connectivity index (χ2n) is 3.40.